The molecule has 88 valence electrons. The van der Waals surface area contributed by atoms with Gasteiger partial charge in [-0.3, -0.25) is 0 Å². The molecule has 0 unspecified atom stereocenters. The Hall–Kier alpha value is -2.23. The number of nitrogens with two attached hydrogens (primary N) is 1. The fraction of sp³-hybridized carbons (Fsp3) is 0.154. The number of nitrogens with zero attached hydrogens (tertiary/aromatic N) is 1. The summed E-state index contributed by atoms with van der Waals surface area (Å²) in [6.07, 6.45) is 7.66. The molecule has 17 heavy (non-hydrogen) atoms. The summed E-state index contributed by atoms with van der Waals surface area (Å²) in [5.41, 5.74) is 5.59. The molecule has 0 fully saturated rings. The number of hydrogen-bond acceptors (Lipinski definition) is 3. The summed E-state index contributed by atoms with van der Waals surface area (Å²) in [6, 6.07) is 9.21. The predicted molar refractivity (Wildman–Crippen MR) is 66.2 cm³/mol. The zero-order valence-electron chi connectivity index (χ0n) is 9.37. The van der Waals surface area contributed by atoms with Gasteiger partial charge in [-0.1, -0.05) is 30.4 Å². The number of oxime groups is 1. The zero-order chi connectivity index (χ0) is 11.9. The van der Waals surface area contributed by atoms with Crippen molar-refractivity contribution in [3.63, 3.8) is 0 Å². The Labute approximate surface area is 100 Å². The Morgan fingerprint density at radius 1 is 1.24 bits per heavy atom. The minimum Gasteiger partial charge on any atom is -0.429 e. The van der Waals surface area contributed by atoms with Gasteiger partial charge in [0.1, 0.15) is 5.76 Å². The first-order valence-electron chi connectivity index (χ1n) is 5.44. The maximum Gasteiger partial charge on any atom is 0.327 e. The molecule has 0 aromatic heterocycles. The second kappa shape index (κ2) is 5.75. The van der Waals surface area contributed by atoms with Gasteiger partial charge in [0.25, 0.3) is 0 Å². The van der Waals surface area contributed by atoms with E-state index in [1.54, 1.807) is 12.1 Å². The Kier molecular flexibility index (Phi) is 3.81. The Bertz CT molecular complexity index is 450. The molecule has 0 spiro atoms. The van der Waals surface area contributed by atoms with Crippen LogP contribution in [0.15, 0.2) is 59.5 Å². The van der Waals surface area contributed by atoms with Crippen molar-refractivity contribution < 1.29 is 9.57 Å². The standard InChI is InChI=1S/C13H14N2O2/c14-13(16-11-7-3-1-4-8-11)15-17-12-9-5-2-6-10-12/h1-3,5-7,9-10H,4,8H2,(H2,14,15). The van der Waals surface area contributed by atoms with E-state index in [4.69, 9.17) is 15.3 Å². The Balaban J connectivity index is 1.89. The quantitative estimate of drug-likeness (QED) is 0.493. The van der Waals surface area contributed by atoms with Gasteiger partial charge in [0.15, 0.2) is 5.75 Å². The van der Waals surface area contributed by atoms with E-state index in [0.717, 1.165) is 18.6 Å². The van der Waals surface area contributed by atoms with Gasteiger partial charge in [-0.05, 0) is 29.8 Å². The lowest BCUT2D eigenvalue weighted by Gasteiger charge is -2.09. The van der Waals surface area contributed by atoms with Gasteiger partial charge in [0.05, 0.1) is 0 Å². The number of allylic oxidation sites excluding steroid dienone is 4. The summed E-state index contributed by atoms with van der Waals surface area (Å²) in [5.74, 6) is 1.42. The summed E-state index contributed by atoms with van der Waals surface area (Å²) >= 11 is 0. The average Bonchev–Trinajstić information content (AvgIpc) is 2.39. The summed E-state index contributed by atoms with van der Waals surface area (Å²) in [6.45, 7) is 0. The molecule has 0 saturated heterocycles. The van der Waals surface area contributed by atoms with Gasteiger partial charge in [-0.25, -0.2) is 0 Å². The minimum absolute atomic E-state index is 0.00963. The van der Waals surface area contributed by atoms with E-state index in [2.05, 4.69) is 11.2 Å². The molecule has 0 heterocycles. The topological polar surface area (TPSA) is 56.8 Å². The molecule has 1 aliphatic rings. The van der Waals surface area contributed by atoms with Gasteiger partial charge in [0, 0.05) is 6.42 Å². The van der Waals surface area contributed by atoms with E-state index >= 15 is 0 Å². The third-order valence-electron chi connectivity index (χ3n) is 2.20. The van der Waals surface area contributed by atoms with Crippen LogP contribution in [-0.2, 0) is 4.74 Å². The maximum atomic E-state index is 5.59. The van der Waals surface area contributed by atoms with Gasteiger partial charge in [-0.15, -0.1) is 0 Å². The van der Waals surface area contributed by atoms with Gasteiger partial charge in [0.2, 0.25) is 0 Å². The van der Waals surface area contributed by atoms with Gasteiger partial charge < -0.3 is 15.3 Å². The first-order chi connectivity index (χ1) is 8.34. The minimum atomic E-state index is 0.00963. The molecule has 0 saturated carbocycles. The van der Waals surface area contributed by atoms with E-state index in [1.807, 2.05) is 30.4 Å². The van der Waals surface area contributed by atoms with Crippen LogP contribution in [0, 0.1) is 0 Å². The molecule has 4 nitrogen and oxygen atoms in total. The lowest BCUT2D eigenvalue weighted by atomic mass is 10.2. The third-order valence-corrected chi connectivity index (χ3v) is 2.20. The highest BCUT2D eigenvalue weighted by Crippen LogP contribution is 2.13. The summed E-state index contributed by atoms with van der Waals surface area (Å²) in [7, 11) is 0. The van der Waals surface area contributed by atoms with Crippen molar-refractivity contribution in [2.75, 3.05) is 0 Å². The predicted octanol–water partition coefficient (Wildman–Crippen LogP) is 2.55. The van der Waals surface area contributed by atoms with Crippen LogP contribution in [0.25, 0.3) is 0 Å². The summed E-state index contributed by atoms with van der Waals surface area (Å²) in [5, 5.41) is 3.70. The Morgan fingerprint density at radius 2 is 2.06 bits per heavy atom. The fourth-order valence-corrected chi connectivity index (χ4v) is 1.40. The lowest BCUT2D eigenvalue weighted by molar-refractivity contribution is 0.301. The summed E-state index contributed by atoms with van der Waals surface area (Å²) in [4.78, 5) is 5.10. The number of amidine groups is 1. The molecule has 4 heteroatoms. The SMILES string of the molecule is N/C(=N\Oc1ccccc1)OC1=CC=CCC1. The van der Waals surface area contributed by atoms with Crippen LogP contribution in [-0.4, -0.2) is 6.02 Å². The highest BCUT2D eigenvalue weighted by atomic mass is 16.7. The van der Waals surface area contributed by atoms with Crippen molar-refractivity contribution in [3.05, 3.63) is 54.3 Å². The van der Waals surface area contributed by atoms with Crippen molar-refractivity contribution >= 4 is 6.02 Å². The highest BCUT2D eigenvalue weighted by Gasteiger charge is 2.03. The van der Waals surface area contributed by atoms with Gasteiger partial charge >= 0.3 is 6.02 Å². The van der Waals surface area contributed by atoms with E-state index < -0.39 is 0 Å². The van der Waals surface area contributed by atoms with Crippen molar-refractivity contribution in [3.8, 4) is 5.75 Å². The van der Waals surface area contributed by atoms with Crippen LogP contribution in [0.1, 0.15) is 12.8 Å². The van der Waals surface area contributed by atoms with Crippen LogP contribution >= 0.6 is 0 Å². The number of rotatable bonds is 3. The molecule has 1 aromatic rings. The molecule has 0 bridgehead atoms. The van der Waals surface area contributed by atoms with Gasteiger partial charge in [-0.2, -0.15) is 0 Å². The van der Waals surface area contributed by atoms with E-state index in [9.17, 15) is 0 Å². The normalized spacial score (nSPS) is 15.3. The molecular formula is C13H14N2O2. The van der Waals surface area contributed by atoms with Crippen LogP contribution < -0.4 is 10.6 Å². The smallest absolute Gasteiger partial charge is 0.327 e. The molecule has 0 radical (unpaired) electrons. The largest absolute Gasteiger partial charge is 0.429 e. The Morgan fingerprint density at radius 3 is 2.76 bits per heavy atom. The zero-order valence-corrected chi connectivity index (χ0v) is 9.37. The van der Waals surface area contributed by atoms with Crippen molar-refractivity contribution in [2.45, 2.75) is 12.8 Å². The van der Waals surface area contributed by atoms with E-state index in [1.165, 1.54) is 0 Å². The third kappa shape index (κ3) is 3.68. The number of ether oxygens (including phenoxy) is 1. The van der Waals surface area contributed by atoms with Crippen LogP contribution in [0.2, 0.25) is 0 Å². The van der Waals surface area contributed by atoms with E-state index in [0.29, 0.717) is 5.75 Å². The van der Waals surface area contributed by atoms with Crippen LogP contribution in [0.5, 0.6) is 5.75 Å². The molecule has 0 atom stereocenters. The molecule has 0 aliphatic heterocycles. The second-order valence-corrected chi connectivity index (χ2v) is 3.54. The second-order valence-electron chi connectivity index (χ2n) is 3.54. The average molecular weight is 230 g/mol. The molecule has 1 aliphatic carbocycles. The highest BCUT2D eigenvalue weighted by molar-refractivity contribution is 5.72. The molecular weight excluding hydrogens is 216 g/mol. The molecule has 0 amide bonds. The molecule has 2 N–H and O–H groups in total. The van der Waals surface area contributed by atoms with E-state index in [-0.39, 0.29) is 6.02 Å². The summed E-state index contributed by atoms with van der Waals surface area (Å²) < 4.78 is 5.33. The monoisotopic (exact) mass is 230 g/mol. The molecule has 1 aromatic carbocycles. The van der Waals surface area contributed by atoms with Crippen molar-refractivity contribution in [1.82, 2.24) is 0 Å². The number of benzene rings is 1. The van der Waals surface area contributed by atoms with Crippen molar-refractivity contribution in [1.29, 1.82) is 0 Å². The fourth-order valence-electron chi connectivity index (χ4n) is 1.40. The maximum absolute atomic E-state index is 5.59. The molecule has 2 rings (SSSR count). The van der Waals surface area contributed by atoms with Crippen LogP contribution in [0.4, 0.5) is 0 Å². The number of para-hydroxylation sites is 1. The number of hydrogen-bond donors (Lipinski definition) is 1. The lowest BCUT2D eigenvalue weighted by Crippen LogP contribution is -2.17. The first kappa shape index (κ1) is 11.3. The van der Waals surface area contributed by atoms with Crippen LogP contribution in [0.3, 0.4) is 0 Å². The first-order valence-corrected chi connectivity index (χ1v) is 5.44. The van der Waals surface area contributed by atoms with Crippen molar-refractivity contribution in [2.24, 2.45) is 10.9 Å².